The van der Waals surface area contributed by atoms with E-state index < -0.39 is 5.97 Å². The van der Waals surface area contributed by atoms with E-state index in [0.717, 1.165) is 5.56 Å². The van der Waals surface area contributed by atoms with E-state index in [1.807, 2.05) is 19.0 Å². The van der Waals surface area contributed by atoms with Gasteiger partial charge in [0.2, 0.25) is 5.91 Å². The summed E-state index contributed by atoms with van der Waals surface area (Å²) in [5.74, 6) is -1.08. The van der Waals surface area contributed by atoms with Crippen molar-refractivity contribution in [1.29, 1.82) is 0 Å². The highest BCUT2D eigenvalue weighted by Crippen LogP contribution is 2.43. The van der Waals surface area contributed by atoms with Crippen LogP contribution in [0.25, 0.3) is 10.1 Å². The predicted molar refractivity (Wildman–Crippen MR) is 115 cm³/mol. The minimum Gasteiger partial charge on any atom is -0.508 e. The Bertz CT molecular complexity index is 1090. The number of amides is 1. The number of benzene rings is 2. The molecule has 0 saturated carbocycles. The summed E-state index contributed by atoms with van der Waals surface area (Å²) in [4.78, 5) is 28.6. The fourth-order valence-electron chi connectivity index (χ4n) is 3.25. The lowest BCUT2D eigenvalue weighted by atomic mass is 10.1. The van der Waals surface area contributed by atoms with Gasteiger partial charge in [-0.15, -0.1) is 11.3 Å². The van der Waals surface area contributed by atoms with Gasteiger partial charge < -0.3 is 14.7 Å². The van der Waals surface area contributed by atoms with Crippen molar-refractivity contribution < 1.29 is 23.8 Å². The molecule has 0 aliphatic rings. The molecule has 158 valence electrons. The van der Waals surface area contributed by atoms with Crippen LogP contribution in [-0.2, 0) is 22.6 Å². The van der Waals surface area contributed by atoms with Gasteiger partial charge in [0.05, 0.1) is 13.7 Å². The van der Waals surface area contributed by atoms with Gasteiger partial charge in [0.1, 0.15) is 22.1 Å². The predicted octanol–water partition coefficient (Wildman–Crippen LogP) is 4.15. The first-order valence-electron chi connectivity index (χ1n) is 9.25. The number of phenolic OH excluding ortho intramolecular Hbond substituents is 1. The normalized spacial score (nSPS) is 11.1. The van der Waals surface area contributed by atoms with Gasteiger partial charge >= 0.3 is 5.97 Å². The molecule has 8 heteroatoms. The van der Waals surface area contributed by atoms with Crippen LogP contribution >= 0.6 is 11.3 Å². The first kappa shape index (κ1) is 21.7. The van der Waals surface area contributed by atoms with E-state index in [1.54, 1.807) is 24.3 Å². The summed E-state index contributed by atoms with van der Waals surface area (Å²) in [6.07, 6.45) is 0. The number of phenols is 1. The molecule has 0 aliphatic heterocycles. The van der Waals surface area contributed by atoms with Crippen molar-refractivity contribution in [3.8, 4) is 5.75 Å². The second-order valence-electron chi connectivity index (χ2n) is 7.18. The van der Waals surface area contributed by atoms with E-state index in [-0.39, 0.29) is 29.6 Å². The van der Waals surface area contributed by atoms with Gasteiger partial charge in [0.15, 0.2) is 0 Å². The number of fused-ring (bicyclic) bond motifs is 1. The summed E-state index contributed by atoms with van der Waals surface area (Å²) >= 11 is 1.25. The zero-order valence-corrected chi connectivity index (χ0v) is 18.0. The minimum absolute atomic E-state index is 0.119. The van der Waals surface area contributed by atoms with Gasteiger partial charge in [-0.1, -0.05) is 12.1 Å². The summed E-state index contributed by atoms with van der Waals surface area (Å²) in [6.45, 7) is 2.04. The number of ether oxygens (including phenoxy) is 1. The first-order valence-corrected chi connectivity index (χ1v) is 10.1. The number of carbonyl (C=O) groups excluding carboxylic acids is 2. The number of halogens is 1. The summed E-state index contributed by atoms with van der Waals surface area (Å²) in [7, 11) is 5.05. The summed E-state index contributed by atoms with van der Waals surface area (Å²) in [6, 6.07) is 9.05. The van der Waals surface area contributed by atoms with E-state index in [1.165, 1.54) is 42.4 Å². The lowest BCUT2D eigenvalue weighted by molar-refractivity contribution is -0.116. The van der Waals surface area contributed by atoms with Crippen LogP contribution in [0.5, 0.6) is 5.75 Å². The zero-order valence-electron chi connectivity index (χ0n) is 17.2. The highest BCUT2D eigenvalue weighted by atomic mass is 32.1. The Balaban J connectivity index is 2.21. The molecule has 30 heavy (non-hydrogen) atoms. The maximum atomic E-state index is 13.3. The second-order valence-corrected chi connectivity index (χ2v) is 8.18. The van der Waals surface area contributed by atoms with E-state index in [4.69, 9.17) is 4.74 Å². The quantitative estimate of drug-likeness (QED) is 0.595. The van der Waals surface area contributed by atoms with Crippen LogP contribution in [0.15, 0.2) is 36.4 Å². The van der Waals surface area contributed by atoms with Crippen LogP contribution in [0, 0.1) is 5.82 Å². The van der Waals surface area contributed by atoms with Crippen molar-refractivity contribution in [2.24, 2.45) is 0 Å². The molecule has 0 bridgehead atoms. The number of carbonyl (C=O) groups is 2. The molecule has 1 N–H and O–H groups in total. The number of hydrogen-bond acceptors (Lipinski definition) is 6. The van der Waals surface area contributed by atoms with Crippen LogP contribution < -0.4 is 4.90 Å². The number of hydrogen-bond donors (Lipinski definition) is 1. The summed E-state index contributed by atoms with van der Waals surface area (Å²) in [5.41, 5.74) is 1.66. The zero-order chi connectivity index (χ0) is 22.0. The molecule has 0 saturated heterocycles. The maximum Gasteiger partial charge on any atom is 0.341 e. The van der Waals surface area contributed by atoms with E-state index in [0.29, 0.717) is 27.2 Å². The van der Waals surface area contributed by atoms with Gasteiger partial charge in [-0.2, -0.15) is 0 Å². The highest BCUT2D eigenvalue weighted by molar-refractivity contribution is 7.23. The molecular formula is C22H23FN2O4S. The summed E-state index contributed by atoms with van der Waals surface area (Å²) in [5, 5.41) is 11.5. The molecule has 1 aromatic heterocycles. The van der Waals surface area contributed by atoms with Crippen LogP contribution in [0.2, 0.25) is 0 Å². The Morgan fingerprint density at radius 1 is 1.10 bits per heavy atom. The third-order valence-corrected chi connectivity index (χ3v) is 5.95. The fourth-order valence-corrected chi connectivity index (χ4v) is 4.62. The number of esters is 1. The number of methoxy groups -OCH3 is 1. The van der Waals surface area contributed by atoms with Crippen molar-refractivity contribution in [2.75, 3.05) is 26.1 Å². The number of aromatic hydroxyl groups is 1. The topological polar surface area (TPSA) is 70.1 Å². The molecule has 0 fully saturated rings. The lowest BCUT2D eigenvalue weighted by Gasteiger charge is -2.21. The molecule has 0 spiro atoms. The highest BCUT2D eigenvalue weighted by Gasteiger charge is 2.28. The van der Waals surface area contributed by atoms with Gasteiger partial charge in [-0.3, -0.25) is 9.69 Å². The molecular weight excluding hydrogens is 407 g/mol. The Morgan fingerprint density at radius 3 is 2.33 bits per heavy atom. The smallest absolute Gasteiger partial charge is 0.341 e. The molecule has 0 radical (unpaired) electrons. The molecule has 3 aromatic rings. The molecule has 2 aromatic carbocycles. The van der Waals surface area contributed by atoms with Gasteiger partial charge in [0, 0.05) is 29.1 Å². The molecule has 3 rings (SSSR count). The molecule has 0 aliphatic carbocycles. The van der Waals surface area contributed by atoms with Gasteiger partial charge in [-0.25, -0.2) is 9.18 Å². The molecule has 6 nitrogen and oxygen atoms in total. The van der Waals surface area contributed by atoms with Crippen molar-refractivity contribution in [1.82, 2.24) is 4.90 Å². The molecule has 0 unspecified atom stereocenters. The number of thiophene rings is 1. The third kappa shape index (κ3) is 4.29. The van der Waals surface area contributed by atoms with Crippen LogP contribution in [-0.4, -0.2) is 43.1 Å². The first-order chi connectivity index (χ1) is 14.2. The maximum absolute atomic E-state index is 13.3. The van der Waals surface area contributed by atoms with Crippen LogP contribution in [0.3, 0.4) is 0 Å². The molecule has 1 heterocycles. The Morgan fingerprint density at radius 2 is 1.77 bits per heavy atom. The Kier molecular flexibility index (Phi) is 6.38. The van der Waals surface area contributed by atoms with E-state index >= 15 is 0 Å². The number of anilines is 1. The Labute approximate surface area is 178 Å². The average molecular weight is 431 g/mol. The van der Waals surface area contributed by atoms with E-state index in [2.05, 4.69) is 0 Å². The van der Waals surface area contributed by atoms with Crippen molar-refractivity contribution >= 4 is 38.3 Å². The van der Waals surface area contributed by atoms with Crippen molar-refractivity contribution in [3.05, 3.63) is 58.9 Å². The number of nitrogens with zero attached hydrogens (tertiary/aromatic N) is 2. The lowest BCUT2D eigenvalue weighted by Crippen LogP contribution is -2.28. The van der Waals surface area contributed by atoms with Crippen LogP contribution in [0.1, 0.15) is 28.4 Å². The van der Waals surface area contributed by atoms with Crippen molar-refractivity contribution in [2.45, 2.75) is 20.0 Å². The number of rotatable bonds is 6. The third-order valence-electron chi connectivity index (χ3n) is 4.66. The van der Waals surface area contributed by atoms with Crippen molar-refractivity contribution in [3.63, 3.8) is 0 Å². The SMILES string of the molecule is COC(=O)c1c(N(Cc2ccc(F)cc2)C(C)=O)sc2c(CN(C)C)c(O)ccc12. The molecule has 1 amide bonds. The van der Waals surface area contributed by atoms with Gasteiger partial charge in [-0.05, 0) is 43.9 Å². The van der Waals surface area contributed by atoms with Gasteiger partial charge in [0.25, 0.3) is 0 Å². The second kappa shape index (κ2) is 8.81. The average Bonchev–Trinajstić information content (AvgIpc) is 3.08. The van der Waals surface area contributed by atoms with E-state index in [9.17, 15) is 19.1 Å². The standard InChI is InChI=1S/C22H23FN2O4S/c1-13(26)25(11-14-5-7-15(23)8-6-14)21-19(22(28)29-4)16-9-10-18(27)17(12-24(2)3)20(16)30-21/h5-10,27H,11-12H2,1-4H3. The van der Waals surface area contributed by atoms with Crippen LogP contribution in [0.4, 0.5) is 9.39 Å². The molecule has 0 atom stereocenters. The minimum atomic E-state index is -0.567. The fraction of sp³-hybridized carbons (Fsp3) is 0.273. The monoisotopic (exact) mass is 430 g/mol. The largest absolute Gasteiger partial charge is 0.508 e. The summed E-state index contributed by atoms with van der Waals surface area (Å²) < 4.78 is 19.0. The Hall–Kier alpha value is -2.97.